The SMILES string of the molecule is OC(CNCc1ccon1)COc1cccc(Cl)c1. The van der Waals surface area contributed by atoms with Crippen molar-refractivity contribution in [3.8, 4) is 5.75 Å². The first-order valence-corrected chi connectivity index (χ1v) is 6.28. The average molecular weight is 283 g/mol. The van der Waals surface area contributed by atoms with Gasteiger partial charge in [-0.05, 0) is 18.2 Å². The second kappa shape index (κ2) is 7.13. The van der Waals surface area contributed by atoms with Crippen LogP contribution in [0, 0.1) is 0 Å². The summed E-state index contributed by atoms with van der Waals surface area (Å²) in [5.41, 5.74) is 0.794. The highest BCUT2D eigenvalue weighted by Crippen LogP contribution is 2.17. The summed E-state index contributed by atoms with van der Waals surface area (Å²) < 4.78 is 10.1. The molecule has 6 heteroatoms. The Bertz CT molecular complexity index is 490. The molecule has 0 aliphatic carbocycles. The van der Waals surface area contributed by atoms with Gasteiger partial charge in [0.15, 0.2) is 0 Å². The summed E-state index contributed by atoms with van der Waals surface area (Å²) in [6.07, 6.45) is 0.904. The van der Waals surface area contributed by atoms with Crippen molar-refractivity contribution >= 4 is 11.6 Å². The third-order valence-electron chi connectivity index (χ3n) is 2.42. The van der Waals surface area contributed by atoms with Crippen LogP contribution in [0.3, 0.4) is 0 Å². The van der Waals surface area contributed by atoms with Crippen LogP contribution in [0.5, 0.6) is 5.75 Å². The second-order valence-corrected chi connectivity index (χ2v) is 4.48. The molecule has 1 heterocycles. The van der Waals surface area contributed by atoms with Crippen molar-refractivity contribution in [1.29, 1.82) is 0 Å². The lowest BCUT2D eigenvalue weighted by Gasteiger charge is -2.12. The van der Waals surface area contributed by atoms with Crippen molar-refractivity contribution < 1.29 is 14.4 Å². The Kier molecular flexibility index (Phi) is 5.20. The molecule has 1 aromatic carbocycles. The van der Waals surface area contributed by atoms with Crippen LogP contribution >= 0.6 is 11.6 Å². The molecule has 102 valence electrons. The minimum atomic E-state index is -0.606. The van der Waals surface area contributed by atoms with Gasteiger partial charge in [0.25, 0.3) is 0 Å². The number of nitrogens with zero attached hydrogens (tertiary/aromatic N) is 1. The Balaban J connectivity index is 1.65. The maximum absolute atomic E-state index is 9.74. The maximum Gasteiger partial charge on any atom is 0.124 e. The predicted octanol–water partition coefficient (Wildman–Crippen LogP) is 1.86. The number of benzene rings is 1. The van der Waals surface area contributed by atoms with E-state index in [-0.39, 0.29) is 6.61 Å². The van der Waals surface area contributed by atoms with Gasteiger partial charge in [0, 0.05) is 24.2 Å². The molecule has 0 fully saturated rings. The topological polar surface area (TPSA) is 67.5 Å². The molecule has 2 rings (SSSR count). The van der Waals surface area contributed by atoms with Crippen LogP contribution in [0.25, 0.3) is 0 Å². The van der Waals surface area contributed by atoms with Gasteiger partial charge in [-0.2, -0.15) is 0 Å². The minimum absolute atomic E-state index is 0.201. The molecule has 2 N–H and O–H groups in total. The highest BCUT2D eigenvalue weighted by Gasteiger charge is 2.06. The molecule has 0 bridgehead atoms. The van der Waals surface area contributed by atoms with E-state index in [0.717, 1.165) is 5.69 Å². The minimum Gasteiger partial charge on any atom is -0.491 e. The van der Waals surface area contributed by atoms with Gasteiger partial charge in [0.05, 0.1) is 5.69 Å². The number of aliphatic hydroxyl groups is 1. The van der Waals surface area contributed by atoms with E-state index in [0.29, 0.717) is 23.9 Å². The Hall–Kier alpha value is -1.56. The van der Waals surface area contributed by atoms with Crippen LogP contribution in [-0.4, -0.2) is 29.5 Å². The number of hydrogen-bond acceptors (Lipinski definition) is 5. The molecule has 5 nitrogen and oxygen atoms in total. The summed E-state index contributed by atoms with van der Waals surface area (Å²) in [5.74, 6) is 0.642. The zero-order valence-corrected chi connectivity index (χ0v) is 11.0. The van der Waals surface area contributed by atoms with Crippen LogP contribution in [-0.2, 0) is 6.54 Å². The fourth-order valence-corrected chi connectivity index (χ4v) is 1.68. The first kappa shape index (κ1) is 13.9. The van der Waals surface area contributed by atoms with Gasteiger partial charge in [0.1, 0.15) is 24.7 Å². The molecule has 0 radical (unpaired) electrons. The van der Waals surface area contributed by atoms with E-state index in [1.165, 1.54) is 6.26 Å². The van der Waals surface area contributed by atoms with Gasteiger partial charge in [-0.3, -0.25) is 0 Å². The quantitative estimate of drug-likeness (QED) is 0.811. The third-order valence-corrected chi connectivity index (χ3v) is 2.65. The summed E-state index contributed by atoms with van der Waals surface area (Å²) in [7, 11) is 0. The zero-order valence-electron chi connectivity index (χ0n) is 10.3. The van der Waals surface area contributed by atoms with Gasteiger partial charge in [0.2, 0.25) is 0 Å². The number of ether oxygens (including phenoxy) is 1. The average Bonchev–Trinajstić information content (AvgIpc) is 2.90. The van der Waals surface area contributed by atoms with Crippen LogP contribution < -0.4 is 10.1 Å². The van der Waals surface area contributed by atoms with Gasteiger partial charge in [-0.1, -0.05) is 22.8 Å². The Morgan fingerprint density at radius 1 is 1.42 bits per heavy atom. The fourth-order valence-electron chi connectivity index (χ4n) is 1.50. The molecule has 0 amide bonds. The van der Waals surface area contributed by atoms with Crippen molar-refractivity contribution in [3.63, 3.8) is 0 Å². The van der Waals surface area contributed by atoms with Crippen molar-refractivity contribution in [1.82, 2.24) is 10.5 Å². The molecule has 1 atom stereocenters. The van der Waals surface area contributed by atoms with Gasteiger partial charge in [-0.15, -0.1) is 0 Å². The third kappa shape index (κ3) is 4.90. The van der Waals surface area contributed by atoms with Crippen LogP contribution in [0.1, 0.15) is 5.69 Å². The Morgan fingerprint density at radius 3 is 3.05 bits per heavy atom. The molecular weight excluding hydrogens is 268 g/mol. The molecule has 0 saturated carbocycles. The van der Waals surface area contributed by atoms with E-state index in [9.17, 15) is 5.11 Å². The van der Waals surface area contributed by atoms with Crippen molar-refractivity contribution in [2.24, 2.45) is 0 Å². The van der Waals surface area contributed by atoms with Crippen LogP contribution in [0.15, 0.2) is 41.1 Å². The van der Waals surface area contributed by atoms with Gasteiger partial charge < -0.3 is 19.7 Å². The molecule has 2 aromatic rings. The lowest BCUT2D eigenvalue weighted by molar-refractivity contribution is 0.106. The number of aliphatic hydroxyl groups excluding tert-OH is 1. The number of rotatable bonds is 7. The van der Waals surface area contributed by atoms with Gasteiger partial charge in [-0.25, -0.2) is 0 Å². The van der Waals surface area contributed by atoms with Crippen molar-refractivity contribution in [3.05, 3.63) is 47.3 Å². The second-order valence-electron chi connectivity index (χ2n) is 4.04. The first-order valence-electron chi connectivity index (χ1n) is 5.90. The van der Waals surface area contributed by atoms with Gasteiger partial charge >= 0.3 is 0 Å². The lowest BCUT2D eigenvalue weighted by atomic mass is 10.3. The summed E-state index contributed by atoms with van der Waals surface area (Å²) in [6.45, 7) is 1.16. The predicted molar refractivity (Wildman–Crippen MR) is 71.2 cm³/mol. The number of halogens is 1. The number of aromatic nitrogens is 1. The van der Waals surface area contributed by atoms with E-state index in [1.807, 2.05) is 0 Å². The lowest BCUT2D eigenvalue weighted by Crippen LogP contribution is -2.31. The Labute approximate surface area is 116 Å². The zero-order chi connectivity index (χ0) is 13.5. The molecular formula is C13H15ClN2O3. The molecule has 0 aliphatic rings. The van der Waals surface area contributed by atoms with Crippen LogP contribution in [0.4, 0.5) is 0 Å². The summed E-state index contributed by atoms with van der Waals surface area (Å²) in [5, 5.41) is 17.2. The van der Waals surface area contributed by atoms with Crippen molar-refractivity contribution in [2.75, 3.05) is 13.2 Å². The molecule has 19 heavy (non-hydrogen) atoms. The highest BCUT2D eigenvalue weighted by molar-refractivity contribution is 6.30. The van der Waals surface area contributed by atoms with Crippen LogP contribution in [0.2, 0.25) is 5.02 Å². The number of hydrogen-bond donors (Lipinski definition) is 2. The summed E-state index contributed by atoms with van der Waals surface area (Å²) in [6, 6.07) is 8.83. The first-order chi connectivity index (χ1) is 9.24. The molecule has 0 spiro atoms. The standard InChI is InChI=1S/C13H15ClN2O3/c14-10-2-1-3-13(6-10)18-9-12(17)8-15-7-11-4-5-19-16-11/h1-6,12,15,17H,7-9H2. The molecule has 0 aliphatic heterocycles. The van der Waals surface area contributed by atoms with E-state index >= 15 is 0 Å². The molecule has 0 saturated heterocycles. The summed E-state index contributed by atoms with van der Waals surface area (Å²) in [4.78, 5) is 0. The fraction of sp³-hybridized carbons (Fsp3) is 0.308. The maximum atomic E-state index is 9.74. The van der Waals surface area contributed by atoms with E-state index < -0.39 is 6.10 Å². The monoisotopic (exact) mass is 282 g/mol. The van der Waals surface area contributed by atoms with E-state index in [2.05, 4.69) is 10.5 Å². The summed E-state index contributed by atoms with van der Waals surface area (Å²) >= 11 is 5.83. The van der Waals surface area contributed by atoms with E-state index in [1.54, 1.807) is 30.3 Å². The normalized spacial score (nSPS) is 12.3. The molecule has 1 aromatic heterocycles. The highest BCUT2D eigenvalue weighted by atomic mass is 35.5. The van der Waals surface area contributed by atoms with Crippen molar-refractivity contribution in [2.45, 2.75) is 12.6 Å². The van der Waals surface area contributed by atoms with E-state index in [4.69, 9.17) is 20.9 Å². The molecule has 1 unspecified atom stereocenters. The number of nitrogens with one attached hydrogen (secondary N) is 1. The smallest absolute Gasteiger partial charge is 0.124 e. The largest absolute Gasteiger partial charge is 0.491 e. The Morgan fingerprint density at radius 2 is 2.32 bits per heavy atom.